The normalized spacial score (nSPS) is 17.8. The van der Waals surface area contributed by atoms with Crippen LogP contribution in [-0.2, 0) is 4.79 Å². The highest BCUT2D eigenvalue weighted by atomic mass is 16.1. The third-order valence-corrected chi connectivity index (χ3v) is 1.52. The maximum Gasteiger partial charge on any atom is 0.209 e. The van der Waals surface area contributed by atoms with Gasteiger partial charge in [0.2, 0.25) is 6.41 Å². The minimum atomic E-state index is 0.865. The third-order valence-electron chi connectivity index (χ3n) is 1.52. The van der Waals surface area contributed by atoms with Crippen molar-refractivity contribution in [3.8, 4) is 0 Å². The Morgan fingerprint density at radius 1 is 1.27 bits per heavy atom. The quantitative estimate of drug-likeness (QED) is 0.562. The molecule has 0 bridgehead atoms. The zero-order valence-electron chi connectivity index (χ0n) is 7.47. The van der Waals surface area contributed by atoms with Crippen LogP contribution in [0.3, 0.4) is 0 Å². The van der Waals surface area contributed by atoms with Crippen molar-refractivity contribution in [3.05, 3.63) is 0 Å². The minimum Gasteiger partial charge on any atom is -0.344 e. The second kappa shape index (κ2) is 7.54. The summed E-state index contributed by atoms with van der Waals surface area (Å²) >= 11 is 0. The van der Waals surface area contributed by atoms with E-state index in [1.54, 1.807) is 4.90 Å². The van der Waals surface area contributed by atoms with Crippen molar-refractivity contribution < 1.29 is 4.79 Å². The topological polar surface area (TPSA) is 32.3 Å². The van der Waals surface area contributed by atoms with E-state index in [0.29, 0.717) is 0 Å². The van der Waals surface area contributed by atoms with Gasteiger partial charge >= 0.3 is 0 Å². The Kier molecular flexibility index (Phi) is 7.15. The molecule has 1 aliphatic rings. The maximum absolute atomic E-state index is 10.2. The molecule has 0 spiro atoms. The molecule has 0 unspecified atom stereocenters. The minimum absolute atomic E-state index is 0.865. The third kappa shape index (κ3) is 4.79. The molecule has 1 amide bonds. The molecule has 0 aromatic heterocycles. The highest BCUT2D eigenvalue weighted by molar-refractivity contribution is 5.46. The zero-order chi connectivity index (χ0) is 8.53. The lowest BCUT2D eigenvalue weighted by molar-refractivity contribution is -0.117. The SMILES string of the molecule is CC.O=CN1CCCNCC1. The Morgan fingerprint density at radius 2 is 2.00 bits per heavy atom. The van der Waals surface area contributed by atoms with Crippen molar-refractivity contribution in [1.29, 1.82) is 0 Å². The van der Waals surface area contributed by atoms with E-state index in [2.05, 4.69) is 5.32 Å². The molecule has 11 heavy (non-hydrogen) atoms. The summed E-state index contributed by atoms with van der Waals surface area (Å²) in [6, 6.07) is 0. The molecule has 1 heterocycles. The van der Waals surface area contributed by atoms with E-state index >= 15 is 0 Å². The van der Waals surface area contributed by atoms with Gasteiger partial charge < -0.3 is 10.2 Å². The van der Waals surface area contributed by atoms with Crippen molar-refractivity contribution in [1.82, 2.24) is 10.2 Å². The van der Waals surface area contributed by atoms with Gasteiger partial charge in [-0.15, -0.1) is 0 Å². The van der Waals surface area contributed by atoms with Crippen LogP contribution in [0.15, 0.2) is 0 Å². The molecule has 1 rings (SSSR count). The standard InChI is InChI=1S/C6H12N2O.C2H6/c9-6-8-4-1-2-7-3-5-8;1-2/h6-7H,1-5H2;1-2H3. The Balaban J connectivity index is 0.000000461. The van der Waals surface area contributed by atoms with Gasteiger partial charge in [0, 0.05) is 19.6 Å². The number of carbonyl (C=O) groups excluding carboxylic acids is 1. The van der Waals surface area contributed by atoms with Crippen LogP contribution >= 0.6 is 0 Å². The van der Waals surface area contributed by atoms with Crippen molar-refractivity contribution in [2.45, 2.75) is 20.3 Å². The molecule has 0 aromatic carbocycles. The first-order valence-corrected chi connectivity index (χ1v) is 4.33. The summed E-state index contributed by atoms with van der Waals surface area (Å²) in [6.45, 7) is 7.77. The number of rotatable bonds is 1. The summed E-state index contributed by atoms with van der Waals surface area (Å²) in [5, 5.41) is 3.21. The van der Waals surface area contributed by atoms with Gasteiger partial charge in [-0.2, -0.15) is 0 Å². The Hall–Kier alpha value is -0.570. The van der Waals surface area contributed by atoms with Gasteiger partial charge in [0.15, 0.2) is 0 Å². The van der Waals surface area contributed by atoms with E-state index in [0.717, 1.165) is 39.0 Å². The fourth-order valence-electron chi connectivity index (χ4n) is 0.972. The smallest absolute Gasteiger partial charge is 0.209 e. The van der Waals surface area contributed by atoms with Crippen LogP contribution in [0.25, 0.3) is 0 Å². The number of carbonyl (C=O) groups is 1. The van der Waals surface area contributed by atoms with Gasteiger partial charge in [-0.05, 0) is 13.0 Å². The first-order valence-electron chi connectivity index (χ1n) is 4.33. The van der Waals surface area contributed by atoms with Crippen LogP contribution in [0.2, 0.25) is 0 Å². The predicted molar refractivity (Wildman–Crippen MR) is 46.5 cm³/mol. The molecular weight excluding hydrogens is 140 g/mol. The van der Waals surface area contributed by atoms with Crippen molar-refractivity contribution >= 4 is 6.41 Å². The van der Waals surface area contributed by atoms with E-state index < -0.39 is 0 Å². The molecule has 66 valence electrons. The van der Waals surface area contributed by atoms with Crippen molar-refractivity contribution in [2.24, 2.45) is 0 Å². The van der Waals surface area contributed by atoms with Gasteiger partial charge in [0.1, 0.15) is 0 Å². The monoisotopic (exact) mass is 158 g/mol. The lowest BCUT2D eigenvalue weighted by Gasteiger charge is -2.11. The largest absolute Gasteiger partial charge is 0.344 e. The molecule has 3 heteroatoms. The molecular formula is C8H18N2O. The maximum atomic E-state index is 10.2. The first kappa shape index (κ1) is 10.4. The Bertz CT molecular complexity index is 88.1. The van der Waals surface area contributed by atoms with Gasteiger partial charge in [0.05, 0.1) is 0 Å². The van der Waals surface area contributed by atoms with E-state index in [1.165, 1.54) is 0 Å². The average Bonchev–Trinajstić information content (AvgIpc) is 2.35. The van der Waals surface area contributed by atoms with Crippen LogP contribution in [0.4, 0.5) is 0 Å². The number of nitrogens with one attached hydrogen (secondary N) is 1. The fraction of sp³-hybridized carbons (Fsp3) is 0.875. The van der Waals surface area contributed by atoms with Crippen LogP contribution in [0.1, 0.15) is 20.3 Å². The Morgan fingerprint density at radius 3 is 2.64 bits per heavy atom. The lowest BCUT2D eigenvalue weighted by Crippen LogP contribution is -2.26. The van der Waals surface area contributed by atoms with E-state index in [-0.39, 0.29) is 0 Å². The second-order valence-electron chi connectivity index (χ2n) is 2.24. The molecule has 1 aliphatic heterocycles. The van der Waals surface area contributed by atoms with Crippen molar-refractivity contribution in [3.63, 3.8) is 0 Å². The highest BCUT2D eigenvalue weighted by Gasteiger charge is 2.03. The highest BCUT2D eigenvalue weighted by Crippen LogP contribution is 1.89. The summed E-state index contributed by atoms with van der Waals surface area (Å²) in [5.74, 6) is 0. The van der Waals surface area contributed by atoms with E-state index in [1.807, 2.05) is 13.8 Å². The second-order valence-corrected chi connectivity index (χ2v) is 2.24. The predicted octanol–water partition coefficient (Wildman–Crippen LogP) is 0.464. The van der Waals surface area contributed by atoms with Crippen LogP contribution in [0, 0.1) is 0 Å². The van der Waals surface area contributed by atoms with E-state index in [9.17, 15) is 4.79 Å². The van der Waals surface area contributed by atoms with Crippen molar-refractivity contribution in [2.75, 3.05) is 26.2 Å². The molecule has 0 radical (unpaired) electrons. The average molecular weight is 158 g/mol. The van der Waals surface area contributed by atoms with Gasteiger partial charge in [0.25, 0.3) is 0 Å². The number of hydrogen-bond donors (Lipinski definition) is 1. The summed E-state index contributed by atoms with van der Waals surface area (Å²) in [6.07, 6.45) is 2.01. The van der Waals surface area contributed by atoms with Gasteiger partial charge in [-0.3, -0.25) is 4.79 Å². The molecule has 1 saturated heterocycles. The van der Waals surface area contributed by atoms with E-state index in [4.69, 9.17) is 0 Å². The molecule has 0 aliphatic carbocycles. The number of amides is 1. The molecule has 0 saturated carbocycles. The molecule has 0 atom stereocenters. The zero-order valence-corrected chi connectivity index (χ0v) is 7.47. The molecule has 1 fully saturated rings. The summed E-state index contributed by atoms with van der Waals surface area (Å²) in [5.41, 5.74) is 0. The number of hydrogen-bond acceptors (Lipinski definition) is 2. The van der Waals surface area contributed by atoms with Crippen LogP contribution in [0.5, 0.6) is 0 Å². The fourth-order valence-corrected chi connectivity index (χ4v) is 0.972. The van der Waals surface area contributed by atoms with Gasteiger partial charge in [-0.1, -0.05) is 13.8 Å². The lowest BCUT2D eigenvalue weighted by atomic mass is 10.4. The summed E-state index contributed by atoms with van der Waals surface area (Å²) in [7, 11) is 0. The summed E-state index contributed by atoms with van der Waals surface area (Å²) in [4.78, 5) is 12.0. The molecule has 1 N–H and O–H groups in total. The van der Waals surface area contributed by atoms with Crippen LogP contribution in [-0.4, -0.2) is 37.5 Å². The summed E-state index contributed by atoms with van der Waals surface area (Å²) < 4.78 is 0. The molecule has 3 nitrogen and oxygen atoms in total. The van der Waals surface area contributed by atoms with Gasteiger partial charge in [-0.25, -0.2) is 0 Å². The van der Waals surface area contributed by atoms with Crippen LogP contribution < -0.4 is 5.32 Å². The first-order chi connectivity index (χ1) is 5.43. The Labute approximate surface area is 68.8 Å². The molecule has 0 aromatic rings. The number of nitrogens with zero attached hydrogens (tertiary/aromatic N) is 1.